The van der Waals surface area contributed by atoms with Crippen molar-refractivity contribution in [3.63, 3.8) is 0 Å². The standard InChI is InChI=1S/C17H21N/c1-5-17(3,4)15-12-18-16(11-13(15)2)14-9-7-6-8-10-14/h6-12H,5H2,1-4H3. The van der Waals surface area contributed by atoms with Crippen LogP contribution in [0.15, 0.2) is 42.6 Å². The SMILES string of the molecule is CCC(C)(C)c1cnc(-c2ccccc2)cc1C. The first-order valence-corrected chi connectivity index (χ1v) is 6.57. The number of rotatable bonds is 3. The molecule has 0 aliphatic heterocycles. The summed E-state index contributed by atoms with van der Waals surface area (Å²) in [4.78, 5) is 4.62. The Morgan fingerprint density at radius 1 is 1.11 bits per heavy atom. The molecule has 0 atom stereocenters. The van der Waals surface area contributed by atoms with Gasteiger partial charge in [-0.25, -0.2) is 0 Å². The van der Waals surface area contributed by atoms with Gasteiger partial charge in [-0.05, 0) is 36.0 Å². The van der Waals surface area contributed by atoms with Crippen molar-refractivity contribution in [2.45, 2.75) is 39.5 Å². The molecule has 1 aromatic carbocycles. The van der Waals surface area contributed by atoms with Gasteiger partial charge in [0, 0.05) is 11.8 Å². The molecule has 0 aliphatic rings. The van der Waals surface area contributed by atoms with E-state index in [1.807, 2.05) is 12.3 Å². The minimum absolute atomic E-state index is 0.201. The van der Waals surface area contributed by atoms with E-state index in [1.54, 1.807) is 0 Å². The summed E-state index contributed by atoms with van der Waals surface area (Å²) in [5, 5.41) is 0. The van der Waals surface area contributed by atoms with E-state index in [9.17, 15) is 0 Å². The van der Waals surface area contributed by atoms with E-state index < -0.39 is 0 Å². The van der Waals surface area contributed by atoms with Gasteiger partial charge < -0.3 is 0 Å². The molecule has 1 nitrogen and oxygen atoms in total. The number of aromatic nitrogens is 1. The fourth-order valence-corrected chi connectivity index (χ4v) is 2.22. The minimum Gasteiger partial charge on any atom is -0.256 e. The zero-order valence-electron chi connectivity index (χ0n) is 11.7. The smallest absolute Gasteiger partial charge is 0.0704 e. The van der Waals surface area contributed by atoms with Gasteiger partial charge in [-0.2, -0.15) is 0 Å². The van der Waals surface area contributed by atoms with Crippen LogP contribution in [-0.4, -0.2) is 4.98 Å². The predicted molar refractivity (Wildman–Crippen MR) is 77.7 cm³/mol. The molecule has 0 aliphatic carbocycles. The van der Waals surface area contributed by atoms with Crippen molar-refractivity contribution in [1.29, 1.82) is 0 Å². The molecule has 0 N–H and O–H groups in total. The number of hydrogen-bond acceptors (Lipinski definition) is 1. The van der Waals surface area contributed by atoms with Gasteiger partial charge in [0.1, 0.15) is 0 Å². The first-order valence-electron chi connectivity index (χ1n) is 6.57. The largest absolute Gasteiger partial charge is 0.256 e. The summed E-state index contributed by atoms with van der Waals surface area (Å²) in [7, 11) is 0. The number of benzene rings is 1. The molecular formula is C17H21N. The predicted octanol–water partition coefficient (Wildman–Crippen LogP) is 4.74. The Labute approximate surface area is 110 Å². The first-order chi connectivity index (χ1) is 8.54. The highest BCUT2D eigenvalue weighted by Crippen LogP contribution is 2.30. The number of pyridine rings is 1. The third kappa shape index (κ3) is 2.45. The van der Waals surface area contributed by atoms with Crippen molar-refractivity contribution < 1.29 is 0 Å². The van der Waals surface area contributed by atoms with E-state index in [0.717, 1.165) is 12.1 Å². The quantitative estimate of drug-likeness (QED) is 0.753. The molecule has 2 rings (SSSR count). The van der Waals surface area contributed by atoms with E-state index in [4.69, 9.17) is 0 Å². The molecule has 0 saturated heterocycles. The highest BCUT2D eigenvalue weighted by Gasteiger charge is 2.20. The van der Waals surface area contributed by atoms with Gasteiger partial charge in [-0.3, -0.25) is 4.98 Å². The van der Waals surface area contributed by atoms with E-state index >= 15 is 0 Å². The zero-order valence-corrected chi connectivity index (χ0v) is 11.7. The van der Waals surface area contributed by atoms with Crippen LogP contribution in [0.25, 0.3) is 11.3 Å². The maximum absolute atomic E-state index is 4.62. The molecule has 1 heteroatoms. The maximum atomic E-state index is 4.62. The Bertz CT molecular complexity index is 527. The van der Waals surface area contributed by atoms with Crippen molar-refractivity contribution in [2.24, 2.45) is 0 Å². The molecular weight excluding hydrogens is 218 g/mol. The van der Waals surface area contributed by atoms with Crippen molar-refractivity contribution in [3.8, 4) is 11.3 Å². The van der Waals surface area contributed by atoms with Crippen LogP contribution in [0.5, 0.6) is 0 Å². The van der Waals surface area contributed by atoms with Gasteiger partial charge in [0.25, 0.3) is 0 Å². The lowest BCUT2D eigenvalue weighted by atomic mass is 9.81. The van der Waals surface area contributed by atoms with Crippen molar-refractivity contribution >= 4 is 0 Å². The summed E-state index contributed by atoms with van der Waals surface area (Å²) in [6, 6.07) is 12.5. The van der Waals surface area contributed by atoms with Gasteiger partial charge in [0.15, 0.2) is 0 Å². The van der Waals surface area contributed by atoms with Crippen LogP contribution < -0.4 is 0 Å². The number of hydrogen-bond donors (Lipinski definition) is 0. The Morgan fingerprint density at radius 2 is 1.78 bits per heavy atom. The van der Waals surface area contributed by atoms with Crippen LogP contribution in [0.2, 0.25) is 0 Å². The first kappa shape index (κ1) is 12.8. The van der Waals surface area contributed by atoms with E-state index in [-0.39, 0.29) is 5.41 Å². The van der Waals surface area contributed by atoms with Gasteiger partial charge in [0.2, 0.25) is 0 Å². The number of nitrogens with zero attached hydrogens (tertiary/aromatic N) is 1. The molecule has 18 heavy (non-hydrogen) atoms. The summed E-state index contributed by atoms with van der Waals surface area (Å²) in [5.41, 5.74) is 5.12. The van der Waals surface area contributed by atoms with Crippen molar-refractivity contribution in [2.75, 3.05) is 0 Å². The molecule has 94 valence electrons. The molecule has 0 spiro atoms. The third-order valence-electron chi connectivity index (χ3n) is 3.79. The highest BCUT2D eigenvalue weighted by molar-refractivity contribution is 5.60. The van der Waals surface area contributed by atoms with Crippen LogP contribution in [-0.2, 0) is 5.41 Å². The molecule has 1 aromatic heterocycles. The Hall–Kier alpha value is -1.63. The fraction of sp³-hybridized carbons (Fsp3) is 0.353. The zero-order chi connectivity index (χ0) is 13.2. The van der Waals surface area contributed by atoms with E-state index in [0.29, 0.717) is 0 Å². The van der Waals surface area contributed by atoms with Crippen LogP contribution in [0.4, 0.5) is 0 Å². The second-order valence-corrected chi connectivity index (χ2v) is 5.49. The average molecular weight is 239 g/mol. The normalized spacial score (nSPS) is 11.6. The molecule has 1 heterocycles. The Balaban J connectivity index is 2.43. The molecule has 2 aromatic rings. The minimum atomic E-state index is 0.201. The average Bonchev–Trinajstić information content (AvgIpc) is 2.39. The summed E-state index contributed by atoms with van der Waals surface area (Å²) >= 11 is 0. The summed E-state index contributed by atoms with van der Waals surface area (Å²) in [5.74, 6) is 0. The second kappa shape index (κ2) is 4.93. The van der Waals surface area contributed by atoms with Gasteiger partial charge in [-0.15, -0.1) is 0 Å². The lowest BCUT2D eigenvalue weighted by molar-refractivity contribution is 0.501. The molecule has 0 unspecified atom stereocenters. The lowest BCUT2D eigenvalue weighted by Gasteiger charge is -2.25. The molecule has 0 bridgehead atoms. The van der Waals surface area contributed by atoms with Crippen LogP contribution in [0.3, 0.4) is 0 Å². The highest BCUT2D eigenvalue weighted by atomic mass is 14.7. The number of aryl methyl sites for hydroxylation is 1. The van der Waals surface area contributed by atoms with Gasteiger partial charge in [0.05, 0.1) is 5.69 Å². The fourth-order valence-electron chi connectivity index (χ4n) is 2.22. The van der Waals surface area contributed by atoms with E-state index in [1.165, 1.54) is 16.7 Å². The molecule has 0 saturated carbocycles. The molecule has 0 fully saturated rings. The lowest BCUT2D eigenvalue weighted by Crippen LogP contribution is -2.17. The molecule has 0 amide bonds. The van der Waals surface area contributed by atoms with Crippen LogP contribution in [0.1, 0.15) is 38.3 Å². The van der Waals surface area contributed by atoms with Crippen LogP contribution >= 0.6 is 0 Å². The van der Waals surface area contributed by atoms with Crippen LogP contribution in [0, 0.1) is 6.92 Å². The van der Waals surface area contributed by atoms with E-state index in [2.05, 4.69) is 63.0 Å². The Morgan fingerprint density at radius 3 is 2.33 bits per heavy atom. The summed E-state index contributed by atoms with van der Waals surface area (Å²) < 4.78 is 0. The summed E-state index contributed by atoms with van der Waals surface area (Å²) in [6.45, 7) is 8.96. The monoisotopic (exact) mass is 239 g/mol. The second-order valence-electron chi connectivity index (χ2n) is 5.49. The summed E-state index contributed by atoms with van der Waals surface area (Å²) in [6.07, 6.45) is 3.17. The maximum Gasteiger partial charge on any atom is 0.0704 e. The third-order valence-corrected chi connectivity index (χ3v) is 3.79. The topological polar surface area (TPSA) is 12.9 Å². The molecule has 0 radical (unpaired) electrons. The van der Waals surface area contributed by atoms with Gasteiger partial charge >= 0.3 is 0 Å². The Kier molecular flexibility index (Phi) is 3.51. The van der Waals surface area contributed by atoms with Crippen molar-refractivity contribution in [1.82, 2.24) is 4.98 Å². The van der Waals surface area contributed by atoms with Gasteiger partial charge in [-0.1, -0.05) is 51.1 Å². The van der Waals surface area contributed by atoms with Crippen molar-refractivity contribution in [3.05, 3.63) is 53.7 Å².